The van der Waals surface area contributed by atoms with E-state index in [9.17, 15) is 0 Å². The first-order valence-electron chi connectivity index (χ1n) is 14.1. The van der Waals surface area contributed by atoms with Crippen molar-refractivity contribution in [1.29, 1.82) is 5.26 Å². The lowest BCUT2D eigenvalue weighted by Gasteiger charge is -2.17. The zero-order valence-corrected chi connectivity index (χ0v) is 23.3. The zero-order valence-electron chi connectivity index (χ0n) is 22.5. The highest BCUT2D eigenvalue weighted by Crippen LogP contribution is 2.18. The fourth-order valence-electron chi connectivity index (χ4n) is 4.25. The lowest BCUT2D eigenvalue weighted by Crippen LogP contribution is -2.25. The lowest BCUT2D eigenvalue weighted by molar-refractivity contribution is -0.0587. The molecule has 0 unspecified atom stereocenters. The number of hydrogen-bond donors (Lipinski definition) is 0. The van der Waals surface area contributed by atoms with Crippen LogP contribution in [-0.4, -0.2) is 33.0 Å². The Bertz CT molecular complexity index is 661. The maximum absolute atomic E-state index is 8.98. The molecule has 0 bridgehead atoms. The molecule has 35 heavy (non-hydrogen) atoms. The van der Waals surface area contributed by atoms with Gasteiger partial charge in [-0.05, 0) is 24.1 Å². The zero-order chi connectivity index (χ0) is 25.4. The molecular weight excluding hydrogens is 458 g/mol. The monoisotopic (exact) mass is 507 g/mol. The predicted molar refractivity (Wildman–Crippen MR) is 147 cm³/mol. The van der Waals surface area contributed by atoms with E-state index < -0.39 is 0 Å². The van der Waals surface area contributed by atoms with Gasteiger partial charge in [-0.1, -0.05) is 121 Å². The Labute approximate surface area is 220 Å². The Hall–Kier alpha value is -1.12. The summed E-state index contributed by atoms with van der Waals surface area (Å²) in [5.41, 5.74) is 1.42. The topological polar surface area (TPSA) is 51.5 Å². The number of halogens is 1. The van der Waals surface area contributed by atoms with Gasteiger partial charge in [-0.2, -0.15) is 5.26 Å². The Morgan fingerprint density at radius 1 is 0.800 bits per heavy atom. The quantitative estimate of drug-likeness (QED) is 0.131. The molecule has 1 atom stereocenters. The van der Waals surface area contributed by atoms with E-state index in [4.69, 9.17) is 31.1 Å². The molecule has 0 radical (unpaired) electrons. The summed E-state index contributed by atoms with van der Waals surface area (Å²) >= 11 is 6.10. The van der Waals surface area contributed by atoms with E-state index in [2.05, 4.69) is 13.0 Å². The smallest absolute Gasteiger partial charge is 0.105 e. The van der Waals surface area contributed by atoms with Crippen LogP contribution >= 0.6 is 11.6 Å². The molecule has 0 aliphatic heterocycles. The minimum atomic E-state index is -0.115. The molecule has 4 nitrogen and oxygen atoms in total. The third kappa shape index (κ3) is 17.9. The average Bonchev–Trinajstić information content (AvgIpc) is 2.86. The van der Waals surface area contributed by atoms with Crippen molar-refractivity contribution < 1.29 is 14.2 Å². The van der Waals surface area contributed by atoms with Crippen molar-refractivity contribution in [3.8, 4) is 6.07 Å². The Morgan fingerprint density at radius 2 is 1.34 bits per heavy atom. The van der Waals surface area contributed by atoms with Crippen LogP contribution in [-0.2, 0) is 20.8 Å². The van der Waals surface area contributed by atoms with Crippen molar-refractivity contribution in [2.75, 3.05) is 26.9 Å². The molecule has 0 heterocycles. The van der Waals surface area contributed by atoms with Gasteiger partial charge in [0.25, 0.3) is 0 Å². The second-order valence-electron chi connectivity index (χ2n) is 9.69. The molecule has 0 fully saturated rings. The van der Waals surface area contributed by atoms with Crippen LogP contribution in [0.25, 0.3) is 0 Å². The van der Waals surface area contributed by atoms with Crippen LogP contribution in [0.4, 0.5) is 0 Å². The summed E-state index contributed by atoms with van der Waals surface area (Å²) in [6, 6.07) is 7.44. The predicted octanol–water partition coefficient (Wildman–Crippen LogP) is 9.02. The highest BCUT2D eigenvalue weighted by Gasteiger charge is 2.10. The standard InChI is InChI=1S/C30H50ClNO3/c1-3-4-5-6-7-8-9-10-11-12-13-14-15-16-17-18-21-34-26-29(25-33-2)35-24-27-19-20-28(23-32)30(31)22-27/h19-20,22,29H,3-18,21,24-26H2,1-2H3/t29-/m0/s1. The van der Waals surface area contributed by atoms with Gasteiger partial charge in [0.15, 0.2) is 0 Å². The van der Waals surface area contributed by atoms with Gasteiger partial charge < -0.3 is 14.2 Å². The van der Waals surface area contributed by atoms with Crippen molar-refractivity contribution >= 4 is 11.6 Å². The van der Waals surface area contributed by atoms with Gasteiger partial charge in [-0.25, -0.2) is 0 Å². The second kappa shape index (κ2) is 23.3. The molecule has 0 N–H and O–H groups in total. The minimum Gasteiger partial charge on any atom is -0.382 e. The highest BCUT2D eigenvalue weighted by atomic mass is 35.5. The third-order valence-corrected chi connectivity index (χ3v) is 6.75. The minimum absolute atomic E-state index is 0.115. The Kier molecular flexibility index (Phi) is 21.2. The van der Waals surface area contributed by atoms with Crippen molar-refractivity contribution in [2.45, 2.75) is 122 Å². The van der Waals surface area contributed by atoms with E-state index in [1.54, 1.807) is 19.2 Å². The van der Waals surface area contributed by atoms with Gasteiger partial charge in [-0.15, -0.1) is 0 Å². The van der Waals surface area contributed by atoms with Crippen LogP contribution in [0.3, 0.4) is 0 Å². The molecule has 0 aliphatic rings. The van der Waals surface area contributed by atoms with Gasteiger partial charge >= 0.3 is 0 Å². The van der Waals surface area contributed by atoms with Crippen LogP contribution in [0.1, 0.15) is 121 Å². The Morgan fingerprint density at radius 3 is 1.83 bits per heavy atom. The number of rotatable bonds is 24. The number of ether oxygens (including phenoxy) is 3. The van der Waals surface area contributed by atoms with Crippen molar-refractivity contribution in [3.05, 3.63) is 34.3 Å². The van der Waals surface area contributed by atoms with E-state index in [-0.39, 0.29) is 6.10 Å². The second-order valence-corrected chi connectivity index (χ2v) is 10.1. The molecule has 0 saturated carbocycles. The van der Waals surface area contributed by atoms with E-state index in [0.717, 1.165) is 18.6 Å². The highest BCUT2D eigenvalue weighted by molar-refractivity contribution is 6.31. The molecule has 1 aromatic carbocycles. The summed E-state index contributed by atoms with van der Waals surface area (Å²) in [4.78, 5) is 0. The van der Waals surface area contributed by atoms with Crippen molar-refractivity contribution in [3.63, 3.8) is 0 Å². The number of nitriles is 1. The van der Waals surface area contributed by atoms with Gasteiger partial charge in [-0.3, -0.25) is 0 Å². The van der Waals surface area contributed by atoms with Gasteiger partial charge in [0.1, 0.15) is 12.2 Å². The third-order valence-electron chi connectivity index (χ3n) is 6.44. The fraction of sp³-hybridized carbons (Fsp3) is 0.767. The maximum Gasteiger partial charge on any atom is 0.105 e. The first kappa shape index (κ1) is 31.9. The van der Waals surface area contributed by atoms with E-state index in [0.29, 0.717) is 30.4 Å². The normalized spacial score (nSPS) is 12.1. The summed E-state index contributed by atoms with van der Waals surface area (Å²) in [7, 11) is 1.67. The summed E-state index contributed by atoms with van der Waals surface area (Å²) in [5.74, 6) is 0. The molecule has 0 aliphatic carbocycles. The molecule has 0 saturated heterocycles. The van der Waals surface area contributed by atoms with Crippen molar-refractivity contribution in [1.82, 2.24) is 0 Å². The molecule has 200 valence electrons. The SMILES string of the molecule is CCCCCCCCCCCCCCCCCCOC[C@H](COC)OCc1ccc(C#N)c(Cl)c1. The summed E-state index contributed by atoms with van der Waals surface area (Å²) in [6.45, 7) is 4.48. The van der Waals surface area contributed by atoms with Crippen LogP contribution in [0, 0.1) is 11.3 Å². The molecule has 5 heteroatoms. The number of benzene rings is 1. The van der Waals surface area contributed by atoms with E-state index >= 15 is 0 Å². The average molecular weight is 508 g/mol. The van der Waals surface area contributed by atoms with Gasteiger partial charge in [0.05, 0.1) is 30.4 Å². The van der Waals surface area contributed by atoms with Gasteiger partial charge in [0.2, 0.25) is 0 Å². The molecular formula is C30H50ClNO3. The van der Waals surface area contributed by atoms with Crippen molar-refractivity contribution in [2.24, 2.45) is 0 Å². The largest absolute Gasteiger partial charge is 0.382 e. The molecule has 0 aromatic heterocycles. The maximum atomic E-state index is 8.98. The van der Waals surface area contributed by atoms with Crippen LogP contribution in [0.5, 0.6) is 0 Å². The van der Waals surface area contributed by atoms with E-state index in [1.165, 1.54) is 96.3 Å². The molecule has 1 rings (SSSR count). The van der Waals surface area contributed by atoms with E-state index in [1.807, 2.05) is 6.07 Å². The summed E-state index contributed by atoms with van der Waals surface area (Å²) in [6.07, 6.45) is 21.9. The summed E-state index contributed by atoms with van der Waals surface area (Å²) in [5, 5.41) is 9.43. The summed E-state index contributed by atoms with van der Waals surface area (Å²) < 4.78 is 17.0. The molecule has 0 spiro atoms. The fourth-order valence-corrected chi connectivity index (χ4v) is 4.50. The van der Waals surface area contributed by atoms with Crippen LogP contribution in [0.2, 0.25) is 5.02 Å². The number of hydrogen-bond acceptors (Lipinski definition) is 4. The number of unbranched alkanes of at least 4 members (excludes halogenated alkanes) is 15. The molecule has 1 aromatic rings. The first-order valence-corrected chi connectivity index (χ1v) is 14.5. The Balaban J connectivity index is 1.93. The lowest BCUT2D eigenvalue weighted by atomic mass is 10.0. The van der Waals surface area contributed by atoms with Crippen LogP contribution in [0.15, 0.2) is 18.2 Å². The first-order chi connectivity index (χ1) is 17.2. The van der Waals surface area contributed by atoms with Crippen LogP contribution < -0.4 is 0 Å². The number of methoxy groups -OCH3 is 1. The van der Waals surface area contributed by atoms with Gasteiger partial charge in [0, 0.05) is 13.7 Å². The molecule has 0 amide bonds. The number of nitrogens with zero attached hydrogens (tertiary/aromatic N) is 1.